The monoisotopic (exact) mass is 273 g/mol. The molecule has 0 bridgehead atoms. The van der Waals surface area contributed by atoms with Crippen LogP contribution < -0.4 is 5.32 Å². The van der Waals surface area contributed by atoms with E-state index in [0.29, 0.717) is 17.5 Å². The number of aryl methyl sites for hydroxylation is 1. The van der Waals surface area contributed by atoms with Crippen LogP contribution in [-0.2, 0) is 6.54 Å². The number of anilines is 1. The Labute approximate surface area is 115 Å². The van der Waals surface area contributed by atoms with Crippen molar-refractivity contribution in [2.24, 2.45) is 0 Å². The van der Waals surface area contributed by atoms with E-state index < -0.39 is 0 Å². The van der Waals surface area contributed by atoms with E-state index in [2.05, 4.69) is 20.4 Å². The lowest BCUT2D eigenvalue weighted by molar-refractivity contribution is 0.948. The predicted octanol–water partition coefficient (Wildman–Crippen LogP) is 2.70. The second-order valence-corrected chi connectivity index (χ2v) is 4.68. The minimum Gasteiger partial charge on any atom is -0.349 e. The van der Waals surface area contributed by atoms with Gasteiger partial charge in [-0.2, -0.15) is 4.98 Å². The van der Waals surface area contributed by atoms with Gasteiger partial charge in [0.1, 0.15) is 0 Å². The van der Waals surface area contributed by atoms with E-state index in [9.17, 15) is 0 Å². The fourth-order valence-corrected chi connectivity index (χ4v) is 1.87. The van der Waals surface area contributed by atoms with Crippen LogP contribution in [0.15, 0.2) is 36.7 Å². The van der Waals surface area contributed by atoms with Gasteiger partial charge in [0.05, 0.1) is 5.02 Å². The molecule has 0 aliphatic rings. The highest BCUT2D eigenvalue weighted by Gasteiger charge is 2.03. The molecule has 3 rings (SSSR count). The Morgan fingerprint density at radius 1 is 1.26 bits per heavy atom. The summed E-state index contributed by atoms with van der Waals surface area (Å²) in [5, 5.41) is 8.09. The third kappa shape index (κ3) is 2.66. The Morgan fingerprint density at radius 2 is 2.16 bits per heavy atom. The van der Waals surface area contributed by atoms with Gasteiger partial charge in [-0.1, -0.05) is 17.7 Å². The molecule has 0 radical (unpaired) electrons. The van der Waals surface area contributed by atoms with Crippen molar-refractivity contribution in [3.05, 3.63) is 52.9 Å². The molecule has 3 heterocycles. The number of pyridine rings is 2. The van der Waals surface area contributed by atoms with Gasteiger partial charge in [-0.25, -0.2) is 4.52 Å². The SMILES string of the molecule is Cc1ccc(CNc2nc3ccc(Cl)cn3n2)cn1. The smallest absolute Gasteiger partial charge is 0.243 e. The van der Waals surface area contributed by atoms with Crippen LogP contribution in [0.5, 0.6) is 0 Å². The molecule has 6 heteroatoms. The fraction of sp³-hybridized carbons (Fsp3) is 0.154. The average Bonchev–Trinajstić information content (AvgIpc) is 2.80. The lowest BCUT2D eigenvalue weighted by atomic mass is 10.2. The highest BCUT2D eigenvalue weighted by molar-refractivity contribution is 6.30. The van der Waals surface area contributed by atoms with E-state index in [0.717, 1.165) is 16.9 Å². The van der Waals surface area contributed by atoms with Crippen LogP contribution in [0.1, 0.15) is 11.3 Å². The summed E-state index contributed by atoms with van der Waals surface area (Å²) in [4.78, 5) is 8.59. The Bertz CT molecular complexity index is 705. The summed E-state index contributed by atoms with van der Waals surface area (Å²) in [6, 6.07) is 7.63. The van der Waals surface area contributed by atoms with Crippen molar-refractivity contribution in [1.29, 1.82) is 0 Å². The number of aromatic nitrogens is 4. The average molecular weight is 274 g/mol. The van der Waals surface area contributed by atoms with Crippen molar-refractivity contribution in [2.45, 2.75) is 13.5 Å². The van der Waals surface area contributed by atoms with E-state index >= 15 is 0 Å². The van der Waals surface area contributed by atoms with Gasteiger partial charge in [0.15, 0.2) is 5.65 Å². The lowest BCUT2D eigenvalue weighted by Crippen LogP contribution is -2.01. The van der Waals surface area contributed by atoms with E-state index in [1.807, 2.05) is 31.3 Å². The molecule has 3 aromatic rings. The van der Waals surface area contributed by atoms with Gasteiger partial charge in [0.25, 0.3) is 0 Å². The van der Waals surface area contributed by atoms with E-state index in [1.165, 1.54) is 0 Å². The highest BCUT2D eigenvalue weighted by atomic mass is 35.5. The lowest BCUT2D eigenvalue weighted by Gasteiger charge is -2.01. The minimum absolute atomic E-state index is 0.572. The molecule has 1 N–H and O–H groups in total. The first-order valence-corrected chi connectivity index (χ1v) is 6.26. The van der Waals surface area contributed by atoms with Gasteiger partial charge in [-0.3, -0.25) is 4.98 Å². The van der Waals surface area contributed by atoms with Crippen LogP contribution in [-0.4, -0.2) is 19.6 Å². The molecule has 0 spiro atoms. The predicted molar refractivity (Wildman–Crippen MR) is 74.3 cm³/mol. The maximum absolute atomic E-state index is 5.90. The molecule has 19 heavy (non-hydrogen) atoms. The van der Waals surface area contributed by atoms with E-state index in [-0.39, 0.29) is 0 Å². The Hall–Kier alpha value is -2.14. The number of nitrogens with zero attached hydrogens (tertiary/aromatic N) is 4. The summed E-state index contributed by atoms with van der Waals surface area (Å²) in [5.41, 5.74) is 2.85. The van der Waals surface area contributed by atoms with Crippen molar-refractivity contribution >= 4 is 23.2 Å². The van der Waals surface area contributed by atoms with Crippen LogP contribution in [0, 0.1) is 6.92 Å². The molecule has 96 valence electrons. The van der Waals surface area contributed by atoms with E-state index in [1.54, 1.807) is 16.8 Å². The number of hydrogen-bond acceptors (Lipinski definition) is 4. The first-order valence-electron chi connectivity index (χ1n) is 5.88. The minimum atomic E-state index is 0.572. The van der Waals surface area contributed by atoms with Crippen molar-refractivity contribution in [3.63, 3.8) is 0 Å². The largest absolute Gasteiger partial charge is 0.349 e. The van der Waals surface area contributed by atoms with Gasteiger partial charge in [0, 0.05) is 24.6 Å². The molecule has 0 fully saturated rings. The summed E-state index contributed by atoms with van der Waals surface area (Å²) in [6.45, 7) is 2.60. The van der Waals surface area contributed by atoms with Crippen molar-refractivity contribution < 1.29 is 0 Å². The molecule has 0 unspecified atom stereocenters. The fourth-order valence-electron chi connectivity index (χ4n) is 1.72. The Balaban J connectivity index is 1.76. The molecule has 0 amide bonds. The zero-order valence-corrected chi connectivity index (χ0v) is 11.1. The zero-order valence-electron chi connectivity index (χ0n) is 10.3. The summed E-state index contributed by atoms with van der Waals surface area (Å²) < 4.78 is 1.65. The summed E-state index contributed by atoms with van der Waals surface area (Å²) in [5.74, 6) is 0.572. The van der Waals surface area contributed by atoms with Crippen LogP contribution >= 0.6 is 11.6 Å². The normalized spacial score (nSPS) is 10.8. The topological polar surface area (TPSA) is 55.1 Å². The molecule has 0 atom stereocenters. The first kappa shape index (κ1) is 11.9. The summed E-state index contributed by atoms with van der Waals surface area (Å²) >= 11 is 5.90. The molecule has 5 nitrogen and oxygen atoms in total. The van der Waals surface area contributed by atoms with E-state index in [4.69, 9.17) is 11.6 Å². The molecule has 0 saturated carbocycles. The molecule has 0 aliphatic carbocycles. The van der Waals surface area contributed by atoms with Crippen LogP contribution in [0.25, 0.3) is 5.65 Å². The summed E-state index contributed by atoms with van der Waals surface area (Å²) in [6.07, 6.45) is 3.57. The number of hydrogen-bond donors (Lipinski definition) is 1. The Kier molecular flexibility index (Phi) is 3.05. The molecular formula is C13H12ClN5. The second kappa shape index (κ2) is 4.85. The third-order valence-corrected chi connectivity index (χ3v) is 2.94. The third-order valence-electron chi connectivity index (χ3n) is 2.72. The van der Waals surface area contributed by atoms with Crippen LogP contribution in [0.4, 0.5) is 5.95 Å². The number of nitrogens with one attached hydrogen (secondary N) is 1. The zero-order chi connectivity index (χ0) is 13.2. The van der Waals surface area contributed by atoms with Gasteiger partial charge >= 0.3 is 0 Å². The maximum atomic E-state index is 5.90. The second-order valence-electron chi connectivity index (χ2n) is 4.25. The molecule has 3 aromatic heterocycles. The quantitative estimate of drug-likeness (QED) is 0.797. The van der Waals surface area contributed by atoms with Crippen molar-refractivity contribution in [3.8, 4) is 0 Å². The molecular weight excluding hydrogens is 262 g/mol. The van der Waals surface area contributed by atoms with Gasteiger partial charge in [-0.05, 0) is 30.7 Å². The maximum Gasteiger partial charge on any atom is 0.243 e. The first-order chi connectivity index (χ1) is 9.20. The molecule has 0 aromatic carbocycles. The highest BCUT2D eigenvalue weighted by Crippen LogP contribution is 2.12. The van der Waals surface area contributed by atoms with Crippen molar-refractivity contribution in [1.82, 2.24) is 19.6 Å². The van der Waals surface area contributed by atoms with Gasteiger partial charge in [0.2, 0.25) is 5.95 Å². The number of halogens is 1. The van der Waals surface area contributed by atoms with Crippen LogP contribution in [0.2, 0.25) is 5.02 Å². The number of rotatable bonds is 3. The van der Waals surface area contributed by atoms with Crippen molar-refractivity contribution in [2.75, 3.05) is 5.32 Å². The standard InChI is InChI=1S/C13H12ClN5/c1-9-2-3-10(6-15-9)7-16-13-17-12-5-4-11(14)8-19(12)18-13/h2-6,8H,7H2,1H3,(H,16,18). The molecule has 0 aliphatic heterocycles. The number of fused-ring (bicyclic) bond motifs is 1. The van der Waals surface area contributed by atoms with Crippen LogP contribution in [0.3, 0.4) is 0 Å². The van der Waals surface area contributed by atoms with Gasteiger partial charge in [-0.15, -0.1) is 5.10 Å². The molecule has 0 saturated heterocycles. The summed E-state index contributed by atoms with van der Waals surface area (Å²) in [7, 11) is 0. The van der Waals surface area contributed by atoms with Gasteiger partial charge < -0.3 is 5.32 Å². The Morgan fingerprint density at radius 3 is 2.95 bits per heavy atom.